The number of hydrogen-bond donors (Lipinski definition) is 1. The van der Waals surface area contributed by atoms with E-state index in [2.05, 4.69) is 11.1 Å². The van der Waals surface area contributed by atoms with Crippen molar-refractivity contribution >= 4 is 34.5 Å². The second kappa shape index (κ2) is 8.53. The third-order valence-electron chi connectivity index (χ3n) is 7.79. The van der Waals surface area contributed by atoms with Gasteiger partial charge in [0.1, 0.15) is 5.60 Å². The van der Waals surface area contributed by atoms with E-state index in [1.54, 1.807) is 6.07 Å². The van der Waals surface area contributed by atoms with Gasteiger partial charge in [0.2, 0.25) is 0 Å². The highest BCUT2D eigenvalue weighted by atomic mass is 35.5. The Morgan fingerprint density at radius 1 is 1.20 bits per heavy atom. The molecule has 182 valence electrons. The number of nitrogens with zero attached hydrogens (tertiary/aromatic N) is 4. The fourth-order valence-corrected chi connectivity index (χ4v) is 6.13. The molecule has 1 atom stereocenters. The number of benzene rings is 1. The van der Waals surface area contributed by atoms with Gasteiger partial charge in [0.05, 0.1) is 29.4 Å². The molecular formula is C26H27ClN4O4. The maximum absolute atomic E-state index is 13.7. The molecule has 3 aromatic rings. The summed E-state index contributed by atoms with van der Waals surface area (Å²) >= 11 is 6.30. The van der Waals surface area contributed by atoms with Gasteiger partial charge in [-0.3, -0.25) is 9.78 Å². The molecule has 5 heterocycles. The first-order valence-corrected chi connectivity index (χ1v) is 12.5. The lowest BCUT2D eigenvalue weighted by molar-refractivity contribution is -0.0762. The number of carbonyl (C=O) groups is 2. The van der Waals surface area contributed by atoms with Gasteiger partial charge in [-0.1, -0.05) is 23.7 Å². The molecule has 6 rings (SSSR count). The first kappa shape index (κ1) is 22.4. The molecule has 2 fully saturated rings. The molecule has 35 heavy (non-hydrogen) atoms. The summed E-state index contributed by atoms with van der Waals surface area (Å²) in [6, 6.07) is 9.41. The van der Waals surface area contributed by atoms with Gasteiger partial charge < -0.3 is 24.2 Å². The van der Waals surface area contributed by atoms with Crippen molar-refractivity contribution < 1.29 is 19.4 Å². The molecule has 1 N–H and O–H groups in total. The van der Waals surface area contributed by atoms with Gasteiger partial charge >= 0.3 is 6.09 Å². The van der Waals surface area contributed by atoms with E-state index in [4.69, 9.17) is 16.3 Å². The summed E-state index contributed by atoms with van der Waals surface area (Å²) in [6.45, 7) is 2.78. The molecule has 1 spiro atoms. The van der Waals surface area contributed by atoms with E-state index >= 15 is 0 Å². The van der Waals surface area contributed by atoms with Crippen LogP contribution < -0.4 is 0 Å². The summed E-state index contributed by atoms with van der Waals surface area (Å²) in [5.74, 6) is -0.0216. The minimum atomic E-state index is -0.897. The highest BCUT2D eigenvalue weighted by Gasteiger charge is 2.44. The summed E-state index contributed by atoms with van der Waals surface area (Å²) in [4.78, 5) is 33.3. The van der Waals surface area contributed by atoms with Crippen LogP contribution in [-0.4, -0.2) is 62.1 Å². The SMILES string of the molecule is O=C(c1cn(C[C@@H]2CCCN2C(=O)O)c2cc(Cl)ccc12)N1CCC2(CC1)OCc1cccnc12. The summed E-state index contributed by atoms with van der Waals surface area (Å²) in [7, 11) is 0. The van der Waals surface area contributed by atoms with Gasteiger partial charge in [-0.15, -0.1) is 0 Å². The van der Waals surface area contributed by atoms with Crippen LogP contribution >= 0.6 is 11.6 Å². The molecule has 2 amide bonds. The van der Waals surface area contributed by atoms with Crippen LogP contribution in [0.1, 0.15) is 47.3 Å². The summed E-state index contributed by atoms with van der Waals surface area (Å²) in [5, 5.41) is 11.0. The number of likely N-dealkylation sites (tertiary alicyclic amines) is 2. The molecule has 3 aliphatic rings. The standard InChI is InChI=1S/C26H27ClN4O4/c27-18-5-6-20-21(15-30(22(20)13-18)14-19-4-2-10-31(19)25(33)34)24(32)29-11-7-26(8-12-29)23-17(16-35-26)3-1-9-28-23/h1,3,5-6,9,13,15,19H,2,4,7-8,10-12,14,16H2,(H,33,34)/t19-/m0/s1. The summed E-state index contributed by atoms with van der Waals surface area (Å²) in [5.41, 5.74) is 3.21. The molecule has 3 aliphatic heterocycles. The van der Waals surface area contributed by atoms with Gasteiger partial charge in [-0.05, 0) is 43.9 Å². The highest BCUT2D eigenvalue weighted by molar-refractivity contribution is 6.31. The average molecular weight is 495 g/mol. The Balaban J connectivity index is 1.26. The number of carbonyl (C=O) groups excluding carboxylic acids is 1. The Morgan fingerprint density at radius 3 is 2.83 bits per heavy atom. The lowest BCUT2D eigenvalue weighted by Gasteiger charge is -2.38. The van der Waals surface area contributed by atoms with Gasteiger partial charge in [0.25, 0.3) is 5.91 Å². The van der Waals surface area contributed by atoms with Crippen LogP contribution in [0.15, 0.2) is 42.7 Å². The van der Waals surface area contributed by atoms with Crippen molar-refractivity contribution in [2.75, 3.05) is 19.6 Å². The molecule has 2 saturated heterocycles. The summed E-state index contributed by atoms with van der Waals surface area (Å²) in [6.07, 6.45) is 5.85. The van der Waals surface area contributed by atoms with Crippen LogP contribution in [0.4, 0.5) is 4.79 Å². The van der Waals surface area contributed by atoms with E-state index in [-0.39, 0.29) is 11.9 Å². The van der Waals surface area contributed by atoms with E-state index in [0.29, 0.717) is 56.2 Å². The number of carboxylic acid groups (broad SMARTS) is 1. The van der Waals surface area contributed by atoms with Gasteiger partial charge in [0, 0.05) is 54.5 Å². The van der Waals surface area contributed by atoms with Crippen molar-refractivity contribution in [2.24, 2.45) is 0 Å². The normalized spacial score (nSPS) is 21.1. The number of aromatic nitrogens is 2. The largest absolute Gasteiger partial charge is 0.465 e. The molecule has 0 unspecified atom stereocenters. The number of pyridine rings is 1. The van der Waals surface area contributed by atoms with Gasteiger partial charge in [-0.2, -0.15) is 0 Å². The number of amides is 2. The number of fused-ring (bicyclic) bond motifs is 3. The molecule has 2 aromatic heterocycles. The molecule has 0 saturated carbocycles. The number of hydrogen-bond acceptors (Lipinski definition) is 4. The lowest BCUT2D eigenvalue weighted by Crippen LogP contribution is -2.45. The smallest absolute Gasteiger partial charge is 0.407 e. The predicted molar refractivity (Wildman–Crippen MR) is 131 cm³/mol. The first-order chi connectivity index (χ1) is 16.9. The van der Waals surface area contributed by atoms with Crippen molar-refractivity contribution in [3.63, 3.8) is 0 Å². The number of rotatable bonds is 3. The predicted octanol–water partition coefficient (Wildman–Crippen LogP) is 4.49. The highest BCUT2D eigenvalue weighted by Crippen LogP contribution is 2.43. The van der Waals surface area contributed by atoms with Crippen LogP contribution in [0.2, 0.25) is 5.02 Å². The third-order valence-corrected chi connectivity index (χ3v) is 8.03. The Hall–Kier alpha value is -3.10. The Labute approximate surface area is 208 Å². The molecule has 0 radical (unpaired) electrons. The summed E-state index contributed by atoms with van der Waals surface area (Å²) < 4.78 is 8.20. The van der Waals surface area contributed by atoms with Crippen LogP contribution in [0.25, 0.3) is 10.9 Å². The van der Waals surface area contributed by atoms with Crippen molar-refractivity contribution in [3.05, 3.63) is 64.6 Å². The van der Waals surface area contributed by atoms with Crippen LogP contribution in [0.5, 0.6) is 0 Å². The molecule has 0 aliphatic carbocycles. The van der Waals surface area contributed by atoms with Crippen molar-refractivity contribution in [1.29, 1.82) is 0 Å². The van der Waals surface area contributed by atoms with E-state index in [9.17, 15) is 14.7 Å². The van der Waals surface area contributed by atoms with E-state index in [1.165, 1.54) is 4.90 Å². The third kappa shape index (κ3) is 3.76. The molecule has 8 nitrogen and oxygen atoms in total. The Kier molecular flexibility index (Phi) is 5.45. The lowest BCUT2D eigenvalue weighted by atomic mass is 9.87. The van der Waals surface area contributed by atoms with Crippen LogP contribution in [0.3, 0.4) is 0 Å². The van der Waals surface area contributed by atoms with Crippen LogP contribution in [0, 0.1) is 0 Å². The zero-order valence-electron chi connectivity index (χ0n) is 19.3. The second-order valence-corrected chi connectivity index (χ2v) is 10.2. The maximum Gasteiger partial charge on any atom is 0.407 e. The van der Waals surface area contributed by atoms with Crippen LogP contribution in [-0.2, 0) is 23.5 Å². The fraction of sp³-hybridized carbons (Fsp3) is 0.423. The Bertz CT molecular complexity index is 1310. The number of halogens is 1. The fourth-order valence-electron chi connectivity index (χ4n) is 5.96. The molecule has 1 aromatic carbocycles. The number of ether oxygens (including phenoxy) is 1. The monoisotopic (exact) mass is 494 g/mol. The molecule has 9 heteroatoms. The van der Waals surface area contributed by atoms with E-state index in [0.717, 1.165) is 35.0 Å². The topological polar surface area (TPSA) is 87.9 Å². The molecule has 0 bridgehead atoms. The van der Waals surface area contributed by atoms with Crippen molar-refractivity contribution in [1.82, 2.24) is 19.4 Å². The minimum absolute atomic E-state index is 0.0216. The van der Waals surface area contributed by atoms with Crippen molar-refractivity contribution in [3.8, 4) is 0 Å². The Morgan fingerprint density at radius 2 is 2.03 bits per heavy atom. The number of piperidine rings is 1. The van der Waals surface area contributed by atoms with E-state index in [1.807, 2.05) is 40.1 Å². The minimum Gasteiger partial charge on any atom is -0.465 e. The first-order valence-electron chi connectivity index (χ1n) is 12.1. The molecular weight excluding hydrogens is 468 g/mol. The van der Waals surface area contributed by atoms with Crippen molar-refractivity contribution in [2.45, 2.75) is 50.5 Å². The maximum atomic E-state index is 13.7. The van der Waals surface area contributed by atoms with Gasteiger partial charge in [0.15, 0.2) is 0 Å². The zero-order valence-corrected chi connectivity index (χ0v) is 20.1. The van der Waals surface area contributed by atoms with E-state index < -0.39 is 11.7 Å². The second-order valence-electron chi connectivity index (χ2n) is 9.71. The quantitative estimate of drug-likeness (QED) is 0.579. The average Bonchev–Trinajstić information content (AvgIpc) is 3.57. The zero-order chi connectivity index (χ0) is 24.2. The van der Waals surface area contributed by atoms with Gasteiger partial charge in [-0.25, -0.2) is 4.79 Å².